The molecule has 1 aromatic heterocycles. The molecule has 0 N–H and O–H groups in total. The highest BCUT2D eigenvalue weighted by molar-refractivity contribution is 5.92. The molecule has 1 aromatic rings. The standard InChI is InChI=1S/C15H24N4O/c1-4-18(5-2)15(20)14-7-6-13(12-16-14)19-10-8-17(3)9-11-19/h6-7,12H,4-5,8-11H2,1-3H3. The Bertz CT molecular complexity index is 434. The van der Waals surface area contributed by atoms with Crippen molar-refractivity contribution in [1.82, 2.24) is 14.8 Å². The van der Waals surface area contributed by atoms with Crippen molar-refractivity contribution in [2.45, 2.75) is 13.8 Å². The van der Waals surface area contributed by atoms with Crippen LogP contribution >= 0.6 is 0 Å². The number of aromatic nitrogens is 1. The lowest BCUT2D eigenvalue weighted by molar-refractivity contribution is 0.0767. The smallest absolute Gasteiger partial charge is 0.272 e. The lowest BCUT2D eigenvalue weighted by Crippen LogP contribution is -2.44. The molecule has 1 aliphatic heterocycles. The summed E-state index contributed by atoms with van der Waals surface area (Å²) in [5, 5.41) is 0. The van der Waals surface area contributed by atoms with Gasteiger partial charge in [0.05, 0.1) is 11.9 Å². The van der Waals surface area contributed by atoms with Crippen LogP contribution in [0.1, 0.15) is 24.3 Å². The third kappa shape index (κ3) is 3.28. The lowest BCUT2D eigenvalue weighted by atomic mass is 10.2. The van der Waals surface area contributed by atoms with Crippen molar-refractivity contribution in [3.05, 3.63) is 24.0 Å². The Morgan fingerprint density at radius 1 is 1.20 bits per heavy atom. The molecule has 0 radical (unpaired) electrons. The molecule has 20 heavy (non-hydrogen) atoms. The molecule has 0 saturated carbocycles. The number of hydrogen-bond acceptors (Lipinski definition) is 4. The van der Waals surface area contributed by atoms with Crippen molar-refractivity contribution in [3.8, 4) is 0 Å². The number of piperazine rings is 1. The van der Waals surface area contributed by atoms with Crippen molar-refractivity contribution >= 4 is 11.6 Å². The number of rotatable bonds is 4. The summed E-state index contributed by atoms with van der Waals surface area (Å²) >= 11 is 0. The molecule has 110 valence electrons. The normalized spacial score (nSPS) is 16.2. The van der Waals surface area contributed by atoms with Gasteiger partial charge in [-0.15, -0.1) is 0 Å². The number of hydrogen-bond donors (Lipinski definition) is 0. The highest BCUT2D eigenvalue weighted by Gasteiger charge is 2.17. The Balaban J connectivity index is 2.04. The van der Waals surface area contributed by atoms with Crippen molar-refractivity contribution in [1.29, 1.82) is 0 Å². The summed E-state index contributed by atoms with van der Waals surface area (Å²) in [6.45, 7) is 9.58. The van der Waals surface area contributed by atoms with E-state index in [0.717, 1.165) is 45.0 Å². The van der Waals surface area contributed by atoms with Gasteiger partial charge in [0, 0.05) is 39.3 Å². The summed E-state index contributed by atoms with van der Waals surface area (Å²) in [6, 6.07) is 3.85. The first-order chi connectivity index (χ1) is 9.65. The number of carbonyl (C=O) groups is 1. The van der Waals surface area contributed by atoms with Crippen molar-refractivity contribution < 1.29 is 4.79 Å². The molecule has 5 nitrogen and oxygen atoms in total. The molecule has 1 amide bonds. The predicted octanol–water partition coefficient (Wildman–Crippen LogP) is 1.32. The summed E-state index contributed by atoms with van der Waals surface area (Å²) in [7, 11) is 2.14. The number of anilines is 1. The fourth-order valence-electron chi connectivity index (χ4n) is 2.44. The number of pyridine rings is 1. The Morgan fingerprint density at radius 2 is 1.85 bits per heavy atom. The monoisotopic (exact) mass is 276 g/mol. The first-order valence-corrected chi connectivity index (χ1v) is 7.34. The molecule has 0 bridgehead atoms. The van der Waals surface area contributed by atoms with E-state index in [1.807, 2.05) is 32.2 Å². The lowest BCUT2D eigenvalue weighted by Gasteiger charge is -2.33. The molecule has 1 fully saturated rings. The third-order valence-corrected chi connectivity index (χ3v) is 3.89. The third-order valence-electron chi connectivity index (χ3n) is 3.89. The molecular weight excluding hydrogens is 252 g/mol. The van der Waals surface area contributed by atoms with Crippen LogP contribution in [0.4, 0.5) is 5.69 Å². The minimum Gasteiger partial charge on any atom is -0.368 e. The van der Waals surface area contributed by atoms with Crippen LogP contribution in [0.15, 0.2) is 18.3 Å². The Labute approximate surface area is 121 Å². The molecular formula is C15H24N4O. The molecule has 0 aromatic carbocycles. The second-order valence-electron chi connectivity index (χ2n) is 5.17. The summed E-state index contributed by atoms with van der Waals surface area (Å²) < 4.78 is 0. The van der Waals surface area contributed by atoms with Crippen LogP contribution in [-0.2, 0) is 0 Å². The van der Waals surface area contributed by atoms with E-state index in [-0.39, 0.29) is 5.91 Å². The Hall–Kier alpha value is -1.62. The van der Waals surface area contributed by atoms with Crippen LogP contribution in [0, 0.1) is 0 Å². The second-order valence-corrected chi connectivity index (χ2v) is 5.17. The summed E-state index contributed by atoms with van der Waals surface area (Å²) in [5.74, 6) is 0.0138. The number of amides is 1. The van der Waals surface area contributed by atoms with E-state index in [4.69, 9.17) is 0 Å². The van der Waals surface area contributed by atoms with Gasteiger partial charge in [-0.05, 0) is 33.0 Å². The van der Waals surface area contributed by atoms with Crippen molar-refractivity contribution in [3.63, 3.8) is 0 Å². The van der Waals surface area contributed by atoms with Crippen LogP contribution in [0.3, 0.4) is 0 Å². The van der Waals surface area contributed by atoms with Gasteiger partial charge >= 0.3 is 0 Å². The van der Waals surface area contributed by atoms with Gasteiger partial charge in [-0.1, -0.05) is 0 Å². The highest BCUT2D eigenvalue weighted by Crippen LogP contribution is 2.15. The van der Waals surface area contributed by atoms with Crippen LogP contribution in [0.25, 0.3) is 0 Å². The van der Waals surface area contributed by atoms with E-state index in [1.165, 1.54) is 0 Å². The molecule has 1 saturated heterocycles. The van der Waals surface area contributed by atoms with Crippen molar-refractivity contribution in [2.24, 2.45) is 0 Å². The zero-order valence-corrected chi connectivity index (χ0v) is 12.7. The van der Waals surface area contributed by atoms with Gasteiger partial charge in [-0.25, -0.2) is 4.98 Å². The molecule has 0 atom stereocenters. The first-order valence-electron chi connectivity index (χ1n) is 7.34. The van der Waals surface area contributed by atoms with E-state index >= 15 is 0 Å². The highest BCUT2D eigenvalue weighted by atomic mass is 16.2. The zero-order valence-electron chi connectivity index (χ0n) is 12.7. The van der Waals surface area contributed by atoms with Gasteiger partial charge in [0.15, 0.2) is 0 Å². The van der Waals surface area contributed by atoms with Crippen molar-refractivity contribution in [2.75, 3.05) is 51.2 Å². The molecule has 0 aliphatic carbocycles. The molecule has 2 rings (SSSR count). The Morgan fingerprint density at radius 3 is 2.35 bits per heavy atom. The van der Waals surface area contributed by atoms with E-state index in [2.05, 4.69) is 21.8 Å². The quantitative estimate of drug-likeness (QED) is 0.831. The van der Waals surface area contributed by atoms with Crippen LogP contribution in [0.5, 0.6) is 0 Å². The van der Waals surface area contributed by atoms with Gasteiger partial charge < -0.3 is 14.7 Å². The fraction of sp³-hybridized carbons (Fsp3) is 0.600. The largest absolute Gasteiger partial charge is 0.368 e. The van der Waals surface area contributed by atoms with Crippen LogP contribution < -0.4 is 4.90 Å². The maximum atomic E-state index is 12.2. The average molecular weight is 276 g/mol. The second kappa shape index (κ2) is 6.70. The van der Waals surface area contributed by atoms with Gasteiger partial charge in [-0.2, -0.15) is 0 Å². The molecule has 1 aliphatic rings. The molecule has 2 heterocycles. The first kappa shape index (κ1) is 14.8. The topological polar surface area (TPSA) is 39.7 Å². The van der Waals surface area contributed by atoms with E-state index in [0.29, 0.717) is 5.69 Å². The summed E-state index contributed by atoms with van der Waals surface area (Å²) in [6.07, 6.45) is 1.82. The minimum absolute atomic E-state index is 0.0138. The molecule has 0 unspecified atom stereocenters. The van der Waals surface area contributed by atoms with E-state index in [1.54, 1.807) is 4.90 Å². The van der Waals surface area contributed by atoms with Gasteiger partial charge in [0.1, 0.15) is 5.69 Å². The maximum Gasteiger partial charge on any atom is 0.272 e. The fourth-order valence-corrected chi connectivity index (χ4v) is 2.44. The molecule has 0 spiro atoms. The predicted molar refractivity (Wildman–Crippen MR) is 81.2 cm³/mol. The zero-order chi connectivity index (χ0) is 14.5. The SMILES string of the molecule is CCN(CC)C(=O)c1ccc(N2CCN(C)CC2)cn1. The number of carbonyl (C=O) groups excluding carboxylic acids is 1. The number of nitrogens with zero attached hydrogens (tertiary/aromatic N) is 4. The molecule has 5 heteroatoms. The average Bonchev–Trinajstić information content (AvgIpc) is 2.49. The maximum absolute atomic E-state index is 12.2. The number of likely N-dealkylation sites (N-methyl/N-ethyl adjacent to an activating group) is 1. The van der Waals surface area contributed by atoms with Crippen LogP contribution in [0.2, 0.25) is 0 Å². The van der Waals surface area contributed by atoms with Crippen LogP contribution in [-0.4, -0.2) is 67.0 Å². The Kier molecular flexibility index (Phi) is 4.95. The summed E-state index contributed by atoms with van der Waals surface area (Å²) in [4.78, 5) is 23.0. The minimum atomic E-state index is 0.0138. The van der Waals surface area contributed by atoms with Gasteiger partial charge in [0.25, 0.3) is 5.91 Å². The van der Waals surface area contributed by atoms with E-state index in [9.17, 15) is 4.79 Å². The van der Waals surface area contributed by atoms with Gasteiger partial charge in [-0.3, -0.25) is 4.79 Å². The van der Waals surface area contributed by atoms with E-state index < -0.39 is 0 Å². The summed E-state index contributed by atoms with van der Waals surface area (Å²) in [5.41, 5.74) is 1.64. The van der Waals surface area contributed by atoms with Gasteiger partial charge in [0.2, 0.25) is 0 Å².